The van der Waals surface area contributed by atoms with Gasteiger partial charge in [0.1, 0.15) is 11.4 Å². The molecule has 5 nitrogen and oxygen atoms in total. The van der Waals surface area contributed by atoms with Crippen molar-refractivity contribution in [2.24, 2.45) is 0 Å². The van der Waals surface area contributed by atoms with Crippen LogP contribution in [0.5, 0.6) is 0 Å². The SMILES string of the molecule is CCCN(CCc1cc(F)ccc1B1OC(C)(C)C(C)(C)O1)C(=O)OC(C)(C)C. The van der Waals surface area contributed by atoms with E-state index in [-0.39, 0.29) is 11.9 Å². The van der Waals surface area contributed by atoms with Crippen LogP contribution in [0.4, 0.5) is 9.18 Å². The van der Waals surface area contributed by atoms with Crippen LogP contribution in [0.2, 0.25) is 0 Å². The Balaban J connectivity index is 2.20. The highest BCUT2D eigenvalue weighted by molar-refractivity contribution is 6.62. The Hall–Kier alpha value is -1.60. The van der Waals surface area contributed by atoms with Crippen LogP contribution < -0.4 is 5.46 Å². The largest absolute Gasteiger partial charge is 0.495 e. The molecule has 1 aliphatic heterocycles. The Bertz CT molecular complexity index is 714. The van der Waals surface area contributed by atoms with Crippen LogP contribution in [0, 0.1) is 5.82 Å². The number of ether oxygens (including phenoxy) is 1. The van der Waals surface area contributed by atoms with Crippen molar-refractivity contribution >= 4 is 18.7 Å². The van der Waals surface area contributed by atoms with Gasteiger partial charge in [0.2, 0.25) is 0 Å². The van der Waals surface area contributed by atoms with E-state index in [0.29, 0.717) is 19.5 Å². The van der Waals surface area contributed by atoms with Crippen molar-refractivity contribution < 1.29 is 23.2 Å². The van der Waals surface area contributed by atoms with Gasteiger partial charge in [-0.15, -0.1) is 0 Å². The maximum absolute atomic E-state index is 14.0. The molecule has 0 saturated carbocycles. The number of amides is 1. The van der Waals surface area contributed by atoms with Gasteiger partial charge in [0.15, 0.2) is 0 Å². The average Bonchev–Trinajstić information content (AvgIpc) is 2.77. The van der Waals surface area contributed by atoms with Crippen molar-refractivity contribution in [2.45, 2.75) is 85.0 Å². The summed E-state index contributed by atoms with van der Waals surface area (Å²) >= 11 is 0. The van der Waals surface area contributed by atoms with E-state index >= 15 is 0 Å². The fourth-order valence-corrected chi connectivity index (χ4v) is 3.14. The first-order chi connectivity index (χ1) is 13.3. The third-order valence-electron chi connectivity index (χ3n) is 5.41. The molecule has 0 bridgehead atoms. The normalized spacial score (nSPS) is 18.0. The molecule has 0 spiro atoms. The minimum Gasteiger partial charge on any atom is -0.444 e. The van der Waals surface area contributed by atoms with E-state index in [0.717, 1.165) is 17.4 Å². The van der Waals surface area contributed by atoms with Gasteiger partial charge >= 0.3 is 13.2 Å². The number of carbonyl (C=O) groups is 1. The summed E-state index contributed by atoms with van der Waals surface area (Å²) < 4.78 is 31.8. The molecule has 0 atom stereocenters. The summed E-state index contributed by atoms with van der Waals surface area (Å²) in [6.45, 7) is 16.5. The third kappa shape index (κ3) is 5.95. The maximum Gasteiger partial charge on any atom is 0.495 e. The zero-order chi connectivity index (χ0) is 22.0. The summed E-state index contributed by atoms with van der Waals surface area (Å²) in [5.74, 6) is -0.320. The summed E-state index contributed by atoms with van der Waals surface area (Å²) in [6.07, 6.45) is 0.941. The number of hydrogen-bond donors (Lipinski definition) is 0. The molecule has 29 heavy (non-hydrogen) atoms. The first-order valence-electron chi connectivity index (χ1n) is 10.4. The van der Waals surface area contributed by atoms with E-state index in [1.807, 2.05) is 55.4 Å². The van der Waals surface area contributed by atoms with Crippen molar-refractivity contribution in [2.75, 3.05) is 13.1 Å². The van der Waals surface area contributed by atoms with Crippen LogP contribution in [-0.2, 0) is 20.5 Å². The highest BCUT2D eigenvalue weighted by Gasteiger charge is 2.52. The minimum atomic E-state index is -0.572. The van der Waals surface area contributed by atoms with Gasteiger partial charge in [-0.25, -0.2) is 9.18 Å². The van der Waals surface area contributed by atoms with E-state index in [1.165, 1.54) is 12.1 Å². The molecule has 0 unspecified atom stereocenters. The third-order valence-corrected chi connectivity index (χ3v) is 5.41. The first-order valence-corrected chi connectivity index (χ1v) is 10.4. The molecule has 0 aliphatic carbocycles. The summed E-state index contributed by atoms with van der Waals surface area (Å²) in [7, 11) is -0.572. The lowest BCUT2D eigenvalue weighted by Crippen LogP contribution is -2.41. The zero-order valence-electron chi connectivity index (χ0n) is 19.1. The number of nitrogens with zero attached hydrogens (tertiary/aromatic N) is 1. The molecule has 0 aromatic heterocycles. The van der Waals surface area contributed by atoms with Gasteiger partial charge in [0.05, 0.1) is 11.2 Å². The van der Waals surface area contributed by atoms with Gasteiger partial charge in [-0.2, -0.15) is 0 Å². The van der Waals surface area contributed by atoms with Crippen LogP contribution in [0.3, 0.4) is 0 Å². The van der Waals surface area contributed by atoms with Gasteiger partial charge < -0.3 is 18.9 Å². The zero-order valence-corrected chi connectivity index (χ0v) is 19.1. The second kappa shape index (κ2) is 8.64. The van der Waals surface area contributed by atoms with Crippen LogP contribution in [0.1, 0.15) is 67.4 Å². The smallest absolute Gasteiger partial charge is 0.444 e. The average molecular weight is 407 g/mol. The molecule has 1 aromatic rings. The van der Waals surface area contributed by atoms with Crippen LogP contribution >= 0.6 is 0 Å². The molecule has 2 rings (SSSR count). The topological polar surface area (TPSA) is 48.0 Å². The molecule has 1 heterocycles. The standard InChI is InChI=1S/C22H35BFNO4/c1-9-13-25(19(26)27-20(2,3)4)14-12-16-15-17(24)10-11-18(16)23-28-21(5,6)22(7,8)29-23/h10-11,15H,9,12-14H2,1-8H3. The predicted octanol–water partition coefficient (Wildman–Crippen LogP) is 4.31. The fourth-order valence-electron chi connectivity index (χ4n) is 3.14. The molecule has 1 saturated heterocycles. The Morgan fingerprint density at radius 1 is 1.14 bits per heavy atom. The van der Waals surface area contributed by atoms with Crippen molar-refractivity contribution in [3.63, 3.8) is 0 Å². The lowest BCUT2D eigenvalue weighted by atomic mass is 9.75. The summed E-state index contributed by atoms with van der Waals surface area (Å²) in [6, 6.07) is 4.63. The molecule has 1 fully saturated rings. The van der Waals surface area contributed by atoms with E-state index < -0.39 is 23.9 Å². The van der Waals surface area contributed by atoms with Crippen LogP contribution in [0.25, 0.3) is 0 Å². The molecule has 7 heteroatoms. The summed E-state index contributed by atoms with van der Waals surface area (Å²) in [5, 5.41) is 0. The fraction of sp³-hybridized carbons (Fsp3) is 0.682. The van der Waals surface area contributed by atoms with Crippen molar-refractivity contribution in [3.05, 3.63) is 29.6 Å². The molecule has 1 aliphatic rings. The van der Waals surface area contributed by atoms with Gasteiger partial charge in [0, 0.05) is 13.1 Å². The summed E-state index contributed by atoms with van der Waals surface area (Å²) in [5.41, 5.74) is 0.0525. The van der Waals surface area contributed by atoms with Gasteiger partial charge in [-0.05, 0) is 84.5 Å². The van der Waals surface area contributed by atoms with Crippen LogP contribution in [-0.4, -0.2) is 48.0 Å². The first kappa shape index (κ1) is 23.7. The number of halogens is 1. The maximum atomic E-state index is 14.0. The van der Waals surface area contributed by atoms with E-state index in [2.05, 4.69) is 0 Å². The van der Waals surface area contributed by atoms with Gasteiger partial charge in [0.25, 0.3) is 0 Å². The number of hydrogen-bond acceptors (Lipinski definition) is 4. The quantitative estimate of drug-likeness (QED) is 0.660. The molecule has 0 N–H and O–H groups in total. The number of benzene rings is 1. The van der Waals surface area contributed by atoms with E-state index in [9.17, 15) is 9.18 Å². The van der Waals surface area contributed by atoms with Crippen molar-refractivity contribution in [3.8, 4) is 0 Å². The molecule has 0 radical (unpaired) electrons. The second-order valence-electron chi connectivity index (χ2n) is 9.65. The van der Waals surface area contributed by atoms with Crippen LogP contribution in [0.15, 0.2) is 18.2 Å². The molecular formula is C22H35BFNO4. The lowest BCUT2D eigenvalue weighted by molar-refractivity contribution is 0.00578. The number of rotatable bonds is 6. The predicted molar refractivity (Wildman–Crippen MR) is 114 cm³/mol. The second-order valence-corrected chi connectivity index (χ2v) is 9.65. The van der Waals surface area contributed by atoms with Gasteiger partial charge in [-0.3, -0.25) is 0 Å². The number of carbonyl (C=O) groups excluding carboxylic acids is 1. The van der Waals surface area contributed by atoms with Gasteiger partial charge in [-0.1, -0.05) is 13.0 Å². The lowest BCUT2D eigenvalue weighted by Gasteiger charge is -2.32. The van der Waals surface area contributed by atoms with Crippen molar-refractivity contribution in [1.29, 1.82) is 0 Å². The molecule has 1 aromatic carbocycles. The Labute approximate surface area is 175 Å². The van der Waals surface area contributed by atoms with E-state index in [4.69, 9.17) is 14.0 Å². The molecule has 162 valence electrons. The Kier molecular flexibility index (Phi) is 7.06. The monoisotopic (exact) mass is 407 g/mol. The highest BCUT2D eigenvalue weighted by Crippen LogP contribution is 2.36. The molecule has 1 amide bonds. The summed E-state index contributed by atoms with van der Waals surface area (Å²) in [4.78, 5) is 14.2. The highest BCUT2D eigenvalue weighted by atomic mass is 19.1. The minimum absolute atomic E-state index is 0.320. The Morgan fingerprint density at radius 3 is 2.24 bits per heavy atom. The molecular weight excluding hydrogens is 372 g/mol. The van der Waals surface area contributed by atoms with E-state index in [1.54, 1.807) is 11.0 Å². The van der Waals surface area contributed by atoms with Crippen molar-refractivity contribution in [1.82, 2.24) is 4.90 Å². The Morgan fingerprint density at radius 2 is 1.72 bits per heavy atom.